The van der Waals surface area contributed by atoms with Gasteiger partial charge in [-0.25, -0.2) is 0 Å². The highest BCUT2D eigenvalue weighted by Crippen LogP contribution is 2.27. The highest BCUT2D eigenvalue weighted by Gasteiger charge is 2.13. The highest BCUT2D eigenvalue weighted by atomic mass is 14.9. The lowest BCUT2D eigenvalue weighted by Crippen LogP contribution is -2.28. The van der Waals surface area contributed by atoms with E-state index in [1.165, 1.54) is 54.6 Å². The Hall–Kier alpha value is -1.48. The van der Waals surface area contributed by atoms with Gasteiger partial charge in [-0.2, -0.15) is 0 Å². The van der Waals surface area contributed by atoms with E-state index in [1.807, 2.05) is 0 Å². The summed E-state index contributed by atoms with van der Waals surface area (Å²) in [4.78, 5) is 3.44. The van der Waals surface area contributed by atoms with E-state index >= 15 is 0 Å². The fraction of sp³-hybridized carbons (Fsp3) is 0.500. The van der Waals surface area contributed by atoms with Gasteiger partial charge in [0.05, 0.1) is 5.69 Å². The molecule has 1 aliphatic rings. The molecule has 1 fully saturated rings. The van der Waals surface area contributed by atoms with E-state index in [2.05, 4.69) is 46.8 Å². The minimum absolute atomic E-state index is 0.888. The number of H-pyrrole nitrogens is 1. The molecule has 0 aliphatic carbocycles. The molecule has 19 heavy (non-hydrogen) atoms. The molecule has 1 aliphatic heterocycles. The van der Waals surface area contributed by atoms with Crippen LogP contribution >= 0.6 is 0 Å². The first kappa shape index (κ1) is 12.5. The molecule has 1 saturated heterocycles. The Balaban J connectivity index is 1.63. The van der Waals surface area contributed by atoms with Crippen molar-refractivity contribution in [3.63, 3.8) is 0 Å². The molecule has 0 spiro atoms. The number of piperidine rings is 1. The monoisotopic (exact) mass is 257 g/mol. The molecule has 0 radical (unpaired) electrons. The van der Waals surface area contributed by atoms with Crippen LogP contribution in [0.5, 0.6) is 0 Å². The number of hydrogen-bond acceptors (Lipinski definition) is 2. The first-order chi connectivity index (χ1) is 9.34. The van der Waals surface area contributed by atoms with Crippen molar-refractivity contribution >= 4 is 16.6 Å². The molecule has 3 N–H and O–H groups in total. The Morgan fingerprint density at radius 2 is 2.00 bits per heavy atom. The van der Waals surface area contributed by atoms with Gasteiger partial charge in [-0.3, -0.25) is 0 Å². The zero-order chi connectivity index (χ0) is 13.1. The molecular formula is C16H23N3. The number of anilines is 1. The van der Waals surface area contributed by atoms with E-state index in [1.54, 1.807) is 0 Å². The summed E-state index contributed by atoms with van der Waals surface area (Å²) in [6.45, 7) is 5.60. The second-order valence-electron chi connectivity index (χ2n) is 5.58. The van der Waals surface area contributed by atoms with Gasteiger partial charge in [0, 0.05) is 23.1 Å². The maximum Gasteiger partial charge on any atom is 0.0628 e. The number of rotatable bonds is 4. The first-order valence-corrected chi connectivity index (χ1v) is 7.36. The van der Waals surface area contributed by atoms with Crippen molar-refractivity contribution in [2.24, 2.45) is 5.92 Å². The Morgan fingerprint density at radius 1 is 1.21 bits per heavy atom. The average molecular weight is 257 g/mol. The SMILES string of the molecule is Cc1[nH]c2ccccc2c1NCCC1CCNCC1. The Bertz CT molecular complexity index is 538. The van der Waals surface area contributed by atoms with E-state index in [0.717, 1.165) is 12.5 Å². The minimum atomic E-state index is 0.888. The molecular weight excluding hydrogens is 234 g/mol. The van der Waals surface area contributed by atoms with Crippen LogP contribution in [0.4, 0.5) is 5.69 Å². The van der Waals surface area contributed by atoms with Gasteiger partial charge in [0.1, 0.15) is 0 Å². The van der Waals surface area contributed by atoms with Gasteiger partial charge in [0.25, 0.3) is 0 Å². The largest absolute Gasteiger partial charge is 0.383 e. The van der Waals surface area contributed by atoms with Crippen LogP contribution in [-0.2, 0) is 0 Å². The Labute approximate surface area is 114 Å². The van der Waals surface area contributed by atoms with Crippen LogP contribution in [0.25, 0.3) is 10.9 Å². The van der Waals surface area contributed by atoms with Crippen molar-refractivity contribution in [1.82, 2.24) is 10.3 Å². The van der Waals surface area contributed by atoms with Crippen molar-refractivity contribution in [3.8, 4) is 0 Å². The number of aryl methyl sites for hydroxylation is 1. The number of hydrogen-bond donors (Lipinski definition) is 3. The number of aromatic nitrogens is 1. The minimum Gasteiger partial charge on any atom is -0.383 e. The third kappa shape index (κ3) is 2.76. The zero-order valence-electron chi connectivity index (χ0n) is 11.6. The molecule has 0 unspecified atom stereocenters. The average Bonchev–Trinajstić information content (AvgIpc) is 2.76. The summed E-state index contributed by atoms with van der Waals surface area (Å²) in [6.07, 6.45) is 3.93. The van der Waals surface area contributed by atoms with Crippen LogP contribution in [0.3, 0.4) is 0 Å². The standard InChI is InChI=1S/C16H23N3/c1-12-16(14-4-2-3-5-15(14)19-12)18-11-8-13-6-9-17-10-7-13/h2-5,13,17-19H,6-11H2,1H3. The second-order valence-corrected chi connectivity index (χ2v) is 5.58. The topological polar surface area (TPSA) is 39.9 Å². The summed E-state index contributed by atoms with van der Waals surface area (Å²) < 4.78 is 0. The van der Waals surface area contributed by atoms with Gasteiger partial charge in [0.15, 0.2) is 0 Å². The molecule has 3 heteroatoms. The van der Waals surface area contributed by atoms with E-state index in [0.29, 0.717) is 0 Å². The number of para-hydroxylation sites is 1. The highest BCUT2D eigenvalue weighted by molar-refractivity contribution is 5.94. The fourth-order valence-corrected chi connectivity index (χ4v) is 3.08. The molecule has 1 aromatic carbocycles. The summed E-state index contributed by atoms with van der Waals surface area (Å²) in [5.74, 6) is 0.888. The summed E-state index contributed by atoms with van der Waals surface area (Å²) in [7, 11) is 0. The van der Waals surface area contributed by atoms with Crippen LogP contribution in [-0.4, -0.2) is 24.6 Å². The normalized spacial score (nSPS) is 16.9. The quantitative estimate of drug-likeness (QED) is 0.786. The van der Waals surface area contributed by atoms with Gasteiger partial charge < -0.3 is 15.6 Å². The number of aromatic amines is 1. The van der Waals surface area contributed by atoms with E-state index in [9.17, 15) is 0 Å². The van der Waals surface area contributed by atoms with Gasteiger partial charge in [-0.1, -0.05) is 18.2 Å². The third-order valence-corrected chi connectivity index (χ3v) is 4.21. The van der Waals surface area contributed by atoms with Gasteiger partial charge in [-0.15, -0.1) is 0 Å². The van der Waals surface area contributed by atoms with Crippen molar-refractivity contribution in [2.45, 2.75) is 26.2 Å². The summed E-state index contributed by atoms with van der Waals surface area (Å²) in [5, 5.41) is 8.37. The molecule has 102 valence electrons. The number of fused-ring (bicyclic) bond motifs is 1. The Morgan fingerprint density at radius 3 is 2.84 bits per heavy atom. The molecule has 1 aromatic heterocycles. The smallest absolute Gasteiger partial charge is 0.0628 e. The van der Waals surface area contributed by atoms with Gasteiger partial charge in [0.2, 0.25) is 0 Å². The molecule has 0 amide bonds. The molecule has 0 atom stereocenters. The predicted octanol–water partition coefficient (Wildman–Crippen LogP) is 3.28. The van der Waals surface area contributed by atoms with Crippen molar-refractivity contribution in [1.29, 1.82) is 0 Å². The van der Waals surface area contributed by atoms with E-state index in [4.69, 9.17) is 0 Å². The molecule has 2 aromatic rings. The van der Waals surface area contributed by atoms with Crippen LogP contribution in [0, 0.1) is 12.8 Å². The van der Waals surface area contributed by atoms with Crippen LogP contribution < -0.4 is 10.6 Å². The van der Waals surface area contributed by atoms with Gasteiger partial charge >= 0.3 is 0 Å². The molecule has 0 bridgehead atoms. The summed E-state index contributed by atoms with van der Waals surface area (Å²) in [6, 6.07) is 8.51. The molecule has 3 nitrogen and oxygen atoms in total. The lowest BCUT2D eigenvalue weighted by Gasteiger charge is -2.22. The Kier molecular flexibility index (Phi) is 3.74. The van der Waals surface area contributed by atoms with Crippen LogP contribution in [0.1, 0.15) is 25.0 Å². The van der Waals surface area contributed by atoms with Crippen molar-refractivity contribution < 1.29 is 0 Å². The van der Waals surface area contributed by atoms with E-state index in [-0.39, 0.29) is 0 Å². The second kappa shape index (κ2) is 5.66. The number of nitrogens with one attached hydrogen (secondary N) is 3. The lowest BCUT2D eigenvalue weighted by molar-refractivity contribution is 0.361. The summed E-state index contributed by atoms with van der Waals surface area (Å²) >= 11 is 0. The summed E-state index contributed by atoms with van der Waals surface area (Å²) in [5.41, 5.74) is 3.75. The van der Waals surface area contributed by atoms with Crippen molar-refractivity contribution in [2.75, 3.05) is 25.0 Å². The molecule has 2 heterocycles. The molecule has 3 rings (SSSR count). The maximum atomic E-state index is 3.63. The lowest BCUT2D eigenvalue weighted by atomic mass is 9.95. The van der Waals surface area contributed by atoms with Gasteiger partial charge in [-0.05, 0) is 51.3 Å². The predicted molar refractivity (Wildman–Crippen MR) is 81.7 cm³/mol. The van der Waals surface area contributed by atoms with E-state index < -0.39 is 0 Å². The number of benzene rings is 1. The first-order valence-electron chi connectivity index (χ1n) is 7.36. The fourth-order valence-electron chi connectivity index (χ4n) is 3.08. The maximum absolute atomic E-state index is 3.63. The van der Waals surface area contributed by atoms with Crippen LogP contribution in [0.2, 0.25) is 0 Å². The molecule has 0 saturated carbocycles. The van der Waals surface area contributed by atoms with Crippen LogP contribution in [0.15, 0.2) is 24.3 Å². The zero-order valence-corrected chi connectivity index (χ0v) is 11.6. The third-order valence-electron chi connectivity index (χ3n) is 4.21. The van der Waals surface area contributed by atoms with Crippen molar-refractivity contribution in [3.05, 3.63) is 30.0 Å².